The van der Waals surface area contributed by atoms with Crippen LogP contribution in [0.2, 0.25) is 0 Å². The van der Waals surface area contributed by atoms with Gasteiger partial charge in [-0.05, 0) is 70.6 Å². The van der Waals surface area contributed by atoms with Crippen LogP contribution in [0.5, 0.6) is 0 Å². The van der Waals surface area contributed by atoms with Gasteiger partial charge in [0, 0.05) is 55.7 Å². The van der Waals surface area contributed by atoms with Gasteiger partial charge in [-0.1, -0.05) is 140 Å². The number of benzene rings is 8. The van der Waals surface area contributed by atoms with E-state index in [1.807, 2.05) is 72.8 Å². The lowest BCUT2D eigenvalue weighted by Gasteiger charge is -2.08. The molecule has 8 aromatic carbocycles. The molecule has 0 spiro atoms. The van der Waals surface area contributed by atoms with Crippen LogP contribution < -0.4 is 0 Å². The van der Waals surface area contributed by atoms with E-state index in [4.69, 9.17) is 19.4 Å². The molecule has 3 aromatic heterocycles. The summed E-state index contributed by atoms with van der Waals surface area (Å²) in [5.41, 5.74) is 11.4. The summed E-state index contributed by atoms with van der Waals surface area (Å²) >= 11 is 0. The normalized spacial score (nSPS) is 11.6. The fourth-order valence-electron chi connectivity index (χ4n) is 7.92. The summed E-state index contributed by atoms with van der Waals surface area (Å²) in [6.07, 6.45) is 2.29. The fraction of sp³-hybridized carbons (Fsp3) is 0. The zero-order chi connectivity index (χ0) is 37.0. The van der Waals surface area contributed by atoms with Gasteiger partial charge in [0.15, 0.2) is 17.5 Å². The van der Waals surface area contributed by atoms with E-state index in [0.29, 0.717) is 17.5 Å². The first-order valence-corrected chi connectivity index (χ1v) is 18.8. The summed E-state index contributed by atoms with van der Waals surface area (Å²) in [5, 5.41) is 5.73. The van der Waals surface area contributed by atoms with Crippen LogP contribution in [0.15, 0.2) is 199 Å². The monoisotopic (exact) mass is 716 g/mol. The molecule has 0 N–H and O–H groups in total. The summed E-state index contributed by atoms with van der Waals surface area (Å²) < 4.78 is 8.72. The van der Waals surface area contributed by atoms with Crippen molar-refractivity contribution >= 4 is 43.6 Å². The van der Waals surface area contributed by atoms with E-state index in [0.717, 1.165) is 61.0 Å². The first-order valence-electron chi connectivity index (χ1n) is 18.8. The molecule has 5 heteroatoms. The highest BCUT2D eigenvalue weighted by atomic mass is 16.3. The Hall–Kier alpha value is -7.63. The van der Waals surface area contributed by atoms with Gasteiger partial charge >= 0.3 is 0 Å². The molecule has 0 saturated carbocycles. The highest BCUT2D eigenvalue weighted by Gasteiger charge is 2.17. The number of aromatic nitrogens is 4. The maximum absolute atomic E-state index is 6.39. The minimum absolute atomic E-state index is 0.611. The van der Waals surface area contributed by atoms with Gasteiger partial charge in [-0.25, -0.2) is 15.0 Å². The number of hydrogen-bond donors (Lipinski definition) is 0. The van der Waals surface area contributed by atoms with Crippen LogP contribution >= 0.6 is 0 Å². The molecule has 11 rings (SSSR count). The lowest BCUT2D eigenvalue weighted by atomic mass is 9.97. The van der Waals surface area contributed by atoms with Gasteiger partial charge < -0.3 is 8.98 Å². The molecular formula is C51H32N4O. The SMILES string of the molecule is c1ccc(-c2nc(-c3ccccc3)nc(-c3ccc4oc5ccc(-c6cccc(-c7cn(-c8ccccc8)c8c7ccc7ccccc78)c6)cc5c4c3)n2)cc1. The minimum atomic E-state index is 0.611. The predicted octanol–water partition coefficient (Wildman–Crippen LogP) is 13.2. The Morgan fingerprint density at radius 1 is 0.357 bits per heavy atom. The predicted molar refractivity (Wildman–Crippen MR) is 229 cm³/mol. The van der Waals surface area contributed by atoms with Crippen LogP contribution in [-0.2, 0) is 0 Å². The molecule has 0 aliphatic rings. The van der Waals surface area contributed by atoms with Crippen molar-refractivity contribution in [1.29, 1.82) is 0 Å². The third-order valence-electron chi connectivity index (χ3n) is 10.7. The molecule has 3 heterocycles. The van der Waals surface area contributed by atoms with Gasteiger partial charge in [-0.2, -0.15) is 0 Å². The molecule has 0 atom stereocenters. The molecule has 0 unspecified atom stereocenters. The van der Waals surface area contributed by atoms with E-state index < -0.39 is 0 Å². The zero-order valence-electron chi connectivity index (χ0n) is 30.2. The topological polar surface area (TPSA) is 56.7 Å². The minimum Gasteiger partial charge on any atom is -0.456 e. The average Bonchev–Trinajstić information content (AvgIpc) is 3.86. The molecule has 0 aliphatic carbocycles. The Bertz CT molecular complexity index is 3180. The van der Waals surface area contributed by atoms with E-state index in [1.165, 1.54) is 27.2 Å². The average molecular weight is 717 g/mol. The molecule has 0 amide bonds. The molecular weight excluding hydrogens is 685 g/mol. The number of hydrogen-bond acceptors (Lipinski definition) is 4. The zero-order valence-corrected chi connectivity index (χ0v) is 30.2. The van der Waals surface area contributed by atoms with Crippen molar-refractivity contribution in [2.75, 3.05) is 0 Å². The summed E-state index contributed by atoms with van der Waals surface area (Å²) in [5.74, 6) is 1.88. The van der Waals surface area contributed by atoms with Crippen molar-refractivity contribution in [3.8, 4) is 62.1 Å². The lowest BCUT2D eigenvalue weighted by molar-refractivity contribution is 0.669. The van der Waals surface area contributed by atoms with Crippen molar-refractivity contribution in [3.63, 3.8) is 0 Å². The number of rotatable bonds is 6. The van der Waals surface area contributed by atoms with Crippen LogP contribution in [0.1, 0.15) is 0 Å². The lowest BCUT2D eigenvalue weighted by Crippen LogP contribution is -2.00. The number of fused-ring (bicyclic) bond motifs is 6. The number of para-hydroxylation sites is 1. The summed E-state index contributed by atoms with van der Waals surface area (Å²) in [4.78, 5) is 14.8. The van der Waals surface area contributed by atoms with Gasteiger partial charge in [0.1, 0.15) is 11.2 Å². The van der Waals surface area contributed by atoms with Crippen LogP contribution in [0.4, 0.5) is 0 Å². The fourth-order valence-corrected chi connectivity index (χ4v) is 7.92. The second-order valence-electron chi connectivity index (χ2n) is 14.1. The Labute approximate surface area is 322 Å². The summed E-state index contributed by atoms with van der Waals surface area (Å²) in [6, 6.07) is 65.3. The van der Waals surface area contributed by atoms with Gasteiger partial charge in [-0.3, -0.25) is 0 Å². The highest BCUT2D eigenvalue weighted by molar-refractivity contribution is 6.12. The maximum atomic E-state index is 6.39. The highest BCUT2D eigenvalue weighted by Crippen LogP contribution is 2.40. The molecule has 0 fully saturated rings. The summed E-state index contributed by atoms with van der Waals surface area (Å²) in [7, 11) is 0. The van der Waals surface area contributed by atoms with Crippen molar-refractivity contribution in [2.45, 2.75) is 0 Å². The first kappa shape index (κ1) is 31.9. The molecule has 11 aromatic rings. The van der Waals surface area contributed by atoms with E-state index in [9.17, 15) is 0 Å². The van der Waals surface area contributed by atoms with Crippen LogP contribution in [0.25, 0.3) is 106 Å². The van der Waals surface area contributed by atoms with Gasteiger partial charge in [0.2, 0.25) is 0 Å². The van der Waals surface area contributed by atoms with Gasteiger partial charge in [0.05, 0.1) is 5.52 Å². The second-order valence-corrected chi connectivity index (χ2v) is 14.1. The third kappa shape index (κ3) is 5.45. The molecule has 0 aliphatic heterocycles. The first-order chi connectivity index (χ1) is 27.7. The Balaban J connectivity index is 1.03. The number of furan rings is 1. The van der Waals surface area contributed by atoms with Crippen molar-refractivity contribution in [2.24, 2.45) is 0 Å². The van der Waals surface area contributed by atoms with E-state index in [2.05, 4.69) is 126 Å². The van der Waals surface area contributed by atoms with Gasteiger partial charge in [0.25, 0.3) is 0 Å². The molecule has 0 saturated heterocycles. The Morgan fingerprint density at radius 3 is 1.59 bits per heavy atom. The molecule has 0 bridgehead atoms. The van der Waals surface area contributed by atoms with E-state index >= 15 is 0 Å². The maximum Gasteiger partial charge on any atom is 0.164 e. The van der Waals surface area contributed by atoms with E-state index in [-0.39, 0.29) is 0 Å². The Kier molecular flexibility index (Phi) is 7.42. The third-order valence-corrected chi connectivity index (χ3v) is 10.7. The standard InChI is InChI=1S/C51H32N4O/c1-4-14-34(15-5-1)49-52-50(35-16-6-2-7-17-35)54-51(53-49)39-25-28-47-44(31-39)43-30-37(24-27-46(43)56-47)36-18-12-19-38(29-36)45-32-55(40-20-8-3-9-21-40)48-41-22-11-10-13-33(41)23-26-42(45)48/h1-32H. The molecule has 0 radical (unpaired) electrons. The Morgan fingerprint density at radius 2 is 0.893 bits per heavy atom. The van der Waals surface area contributed by atoms with Crippen LogP contribution in [0, 0.1) is 0 Å². The van der Waals surface area contributed by atoms with Crippen molar-refractivity contribution < 1.29 is 4.42 Å². The molecule has 56 heavy (non-hydrogen) atoms. The molecule has 262 valence electrons. The smallest absolute Gasteiger partial charge is 0.164 e. The number of nitrogens with zero attached hydrogens (tertiary/aromatic N) is 4. The second kappa shape index (κ2) is 13.0. The summed E-state index contributed by atoms with van der Waals surface area (Å²) in [6.45, 7) is 0. The van der Waals surface area contributed by atoms with Crippen molar-refractivity contribution in [1.82, 2.24) is 19.5 Å². The van der Waals surface area contributed by atoms with E-state index in [1.54, 1.807) is 0 Å². The van der Waals surface area contributed by atoms with Crippen LogP contribution in [-0.4, -0.2) is 19.5 Å². The molecule has 5 nitrogen and oxygen atoms in total. The largest absolute Gasteiger partial charge is 0.456 e. The quantitative estimate of drug-likeness (QED) is 0.172. The van der Waals surface area contributed by atoms with Crippen LogP contribution in [0.3, 0.4) is 0 Å². The van der Waals surface area contributed by atoms with Gasteiger partial charge in [-0.15, -0.1) is 0 Å². The van der Waals surface area contributed by atoms with Crippen molar-refractivity contribution in [3.05, 3.63) is 194 Å².